The zero-order valence-corrected chi connectivity index (χ0v) is 19.7. The van der Waals surface area contributed by atoms with Crippen molar-refractivity contribution in [2.24, 2.45) is 16.6 Å². The Morgan fingerprint density at radius 3 is 2.62 bits per heavy atom. The second kappa shape index (κ2) is 12.0. The van der Waals surface area contributed by atoms with Crippen molar-refractivity contribution in [3.63, 3.8) is 0 Å². The Morgan fingerprint density at radius 2 is 1.93 bits per heavy atom. The van der Waals surface area contributed by atoms with Gasteiger partial charge in [-0.2, -0.15) is 4.98 Å². The summed E-state index contributed by atoms with van der Waals surface area (Å²) in [6.45, 7) is 5.14. The quantitative estimate of drug-likeness (QED) is 0.247. The molecule has 1 aliphatic heterocycles. The third-order valence-electron chi connectivity index (χ3n) is 5.25. The predicted molar refractivity (Wildman–Crippen MR) is 126 cm³/mol. The molecule has 0 unspecified atom stereocenters. The predicted octanol–water partition coefficient (Wildman–Crippen LogP) is 4.12. The number of hydrogen-bond donors (Lipinski definition) is 1. The molecule has 0 spiro atoms. The molecule has 1 aliphatic rings. The summed E-state index contributed by atoms with van der Waals surface area (Å²) >= 11 is 0. The summed E-state index contributed by atoms with van der Waals surface area (Å²) in [6, 6.07) is 7.64. The van der Waals surface area contributed by atoms with Gasteiger partial charge in [0, 0.05) is 31.6 Å². The summed E-state index contributed by atoms with van der Waals surface area (Å²) < 4.78 is 10.5. The Hall–Kier alpha value is -1.84. The van der Waals surface area contributed by atoms with Gasteiger partial charge in [-0.15, -0.1) is 24.0 Å². The average molecular weight is 513 g/mol. The van der Waals surface area contributed by atoms with Gasteiger partial charge in [-0.25, -0.2) is 0 Å². The number of unbranched alkanes of at least 4 members (excludes halogenated alkanes) is 2. The lowest BCUT2D eigenvalue weighted by Gasteiger charge is -2.31. The molecule has 0 bridgehead atoms. The zero-order valence-electron chi connectivity index (χ0n) is 17.3. The molecule has 0 saturated carbocycles. The van der Waals surface area contributed by atoms with Crippen molar-refractivity contribution >= 4 is 29.9 Å². The van der Waals surface area contributed by atoms with Gasteiger partial charge in [-0.3, -0.25) is 4.99 Å². The number of piperidine rings is 1. The number of aryl methyl sites for hydroxylation is 1. The molecular formula is C21H32IN5O2. The standard InChI is InChI=1S/C21H31N5O2.HI/c1-16-11-14-26(15-12-16)21(22)23-13-5-3-4-6-19-24-20(25-28-19)17-7-9-18(27-2)10-8-17;/h7-10,16H,3-6,11-15H2,1-2H3,(H2,22,23);1H. The second-order valence-electron chi connectivity index (χ2n) is 7.46. The van der Waals surface area contributed by atoms with Crippen LogP contribution in [0.2, 0.25) is 0 Å². The van der Waals surface area contributed by atoms with Crippen molar-refractivity contribution in [2.45, 2.75) is 45.4 Å². The molecule has 2 aromatic rings. The first-order valence-electron chi connectivity index (χ1n) is 10.2. The smallest absolute Gasteiger partial charge is 0.226 e. The van der Waals surface area contributed by atoms with Crippen LogP contribution in [0.15, 0.2) is 33.8 Å². The molecule has 1 aromatic carbocycles. The Morgan fingerprint density at radius 1 is 1.21 bits per heavy atom. The summed E-state index contributed by atoms with van der Waals surface area (Å²) in [4.78, 5) is 11.2. The minimum absolute atomic E-state index is 0. The summed E-state index contributed by atoms with van der Waals surface area (Å²) in [7, 11) is 1.65. The minimum Gasteiger partial charge on any atom is -0.497 e. The van der Waals surface area contributed by atoms with E-state index in [0.29, 0.717) is 17.7 Å². The fraction of sp³-hybridized carbons (Fsp3) is 0.571. The van der Waals surface area contributed by atoms with Crippen molar-refractivity contribution in [1.29, 1.82) is 0 Å². The minimum atomic E-state index is 0. The van der Waals surface area contributed by atoms with Gasteiger partial charge in [-0.05, 0) is 55.9 Å². The zero-order chi connectivity index (χ0) is 19.8. The van der Waals surface area contributed by atoms with Gasteiger partial charge in [0.2, 0.25) is 11.7 Å². The highest BCUT2D eigenvalue weighted by molar-refractivity contribution is 14.0. The van der Waals surface area contributed by atoms with Crippen LogP contribution in [0.25, 0.3) is 11.4 Å². The highest BCUT2D eigenvalue weighted by atomic mass is 127. The number of nitrogens with zero attached hydrogens (tertiary/aromatic N) is 4. The maximum absolute atomic E-state index is 6.11. The number of nitrogens with two attached hydrogens (primary N) is 1. The Bertz CT molecular complexity index is 755. The van der Waals surface area contributed by atoms with E-state index < -0.39 is 0 Å². The highest BCUT2D eigenvalue weighted by Crippen LogP contribution is 2.20. The summed E-state index contributed by atoms with van der Waals surface area (Å²) in [5.74, 6) is 3.61. The molecule has 0 radical (unpaired) electrons. The van der Waals surface area contributed by atoms with Crippen LogP contribution in [0.4, 0.5) is 0 Å². The number of ether oxygens (including phenoxy) is 1. The number of guanidine groups is 1. The monoisotopic (exact) mass is 513 g/mol. The molecule has 0 atom stereocenters. The van der Waals surface area contributed by atoms with E-state index in [4.69, 9.17) is 15.0 Å². The molecule has 8 heteroatoms. The van der Waals surface area contributed by atoms with Crippen LogP contribution in [0.5, 0.6) is 5.75 Å². The first-order valence-corrected chi connectivity index (χ1v) is 10.2. The van der Waals surface area contributed by atoms with Gasteiger partial charge in [0.1, 0.15) is 5.75 Å². The molecule has 1 saturated heterocycles. The molecule has 1 fully saturated rings. The Labute approximate surface area is 190 Å². The van der Waals surface area contributed by atoms with Crippen LogP contribution in [0.1, 0.15) is 44.9 Å². The van der Waals surface area contributed by atoms with Gasteiger partial charge in [0.15, 0.2) is 5.96 Å². The summed E-state index contributed by atoms with van der Waals surface area (Å²) in [6.07, 6.45) is 6.28. The highest BCUT2D eigenvalue weighted by Gasteiger charge is 2.16. The molecule has 160 valence electrons. The first-order chi connectivity index (χ1) is 13.7. The van der Waals surface area contributed by atoms with E-state index >= 15 is 0 Å². The topological polar surface area (TPSA) is 89.8 Å². The molecule has 3 rings (SSSR count). The lowest BCUT2D eigenvalue weighted by molar-refractivity contribution is 0.277. The average Bonchev–Trinajstić information content (AvgIpc) is 3.20. The SMILES string of the molecule is COc1ccc(-c2noc(CCCCCN=C(N)N3CCC(C)CC3)n2)cc1.I. The van der Waals surface area contributed by atoms with Gasteiger partial charge in [0.05, 0.1) is 7.11 Å². The molecular weight excluding hydrogens is 481 g/mol. The molecule has 2 N–H and O–H groups in total. The van der Waals surface area contributed by atoms with Crippen LogP contribution in [0.3, 0.4) is 0 Å². The van der Waals surface area contributed by atoms with Gasteiger partial charge in [-0.1, -0.05) is 18.5 Å². The number of halogens is 1. The van der Waals surface area contributed by atoms with Gasteiger partial charge < -0.3 is 19.9 Å². The van der Waals surface area contributed by atoms with E-state index in [-0.39, 0.29) is 24.0 Å². The maximum Gasteiger partial charge on any atom is 0.226 e. The third kappa shape index (κ3) is 7.17. The Balaban J connectivity index is 0.00000300. The van der Waals surface area contributed by atoms with Crippen LogP contribution in [-0.4, -0.2) is 47.7 Å². The number of methoxy groups -OCH3 is 1. The molecule has 0 amide bonds. The van der Waals surface area contributed by atoms with E-state index in [0.717, 1.165) is 62.5 Å². The van der Waals surface area contributed by atoms with Crippen molar-refractivity contribution in [3.05, 3.63) is 30.2 Å². The fourth-order valence-corrected chi connectivity index (χ4v) is 3.31. The van der Waals surface area contributed by atoms with Crippen molar-refractivity contribution < 1.29 is 9.26 Å². The fourth-order valence-electron chi connectivity index (χ4n) is 3.31. The molecule has 0 aliphatic carbocycles. The third-order valence-corrected chi connectivity index (χ3v) is 5.25. The van der Waals surface area contributed by atoms with E-state index in [2.05, 4.69) is 27.0 Å². The Kier molecular flexibility index (Phi) is 9.69. The van der Waals surface area contributed by atoms with Crippen molar-refractivity contribution in [2.75, 3.05) is 26.7 Å². The van der Waals surface area contributed by atoms with Crippen molar-refractivity contribution in [3.8, 4) is 17.1 Å². The van der Waals surface area contributed by atoms with Crippen LogP contribution < -0.4 is 10.5 Å². The molecule has 2 heterocycles. The van der Waals surface area contributed by atoms with Gasteiger partial charge >= 0.3 is 0 Å². The van der Waals surface area contributed by atoms with Crippen molar-refractivity contribution in [1.82, 2.24) is 15.0 Å². The molecule has 29 heavy (non-hydrogen) atoms. The maximum atomic E-state index is 6.11. The van der Waals surface area contributed by atoms with Crippen LogP contribution >= 0.6 is 24.0 Å². The molecule has 1 aromatic heterocycles. The summed E-state index contributed by atoms with van der Waals surface area (Å²) in [5, 5.41) is 4.07. The number of hydrogen-bond acceptors (Lipinski definition) is 5. The lowest BCUT2D eigenvalue weighted by Crippen LogP contribution is -2.42. The van der Waals surface area contributed by atoms with Crippen LogP contribution in [0, 0.1) is 5.92 Å². The van der Waals surface area contributed by atoms with E-state index in [1.165, 1.54) is 12.8 Å². The number of likely N-dealkylation sites (tertiary alicyclic amines) is 1. The summed E-state index contributed by atoms with van der Waals surface area (Å²) in [5.41, 5.74) is 7.03. The first kappa shape index (κ1) is 23.4. The normalized spacial score (nSPS) is 15.2. The number of benzene rings is 1. The number of aromatic nitrogens is 2. The van der Waals surface area contributed by atoms with Crippen LogP contribution in [-0.2, 0) is 6.42 Å². The van der Waals surface area contributed by atoms with E-state index in [1.807, 2.05) is 24.3 Å². The van der Waals surface area contributed by atoms with Gasteiger partial charge in [0.25, 0.3) is 0 Å². The number of rotatable bonds is 8. The number of aliphatic imine (C=N–C) groups is 1. The second-order valence-corrected chi connectivity index (χ2v) is 7.46. The van der Waals surface area contributed by atoms with E-state index in [9.17, 15) is 0 Å². The van der Waals surface area contributed by atoms with E-state index in [1.54, 1.807) is 7.11 Å². The lowest BCUT2D eigenvalue weighted by atomic mass is 10.00. The molecule has 7 nitrogen and oxygen atoms in total. The largest absolute Gasteiger partial charge is 0.497 e.